The molecule has 0 rings (SSSR count). The van der Waals surface area contributed by atoms with Crippen molar-refractivity contribution in [2.24, 2.45) is 5.92 Å². The number of hydrogen-bond acceptors (Lipinski definition) is 2. The normalized spacial score (nSPS) is 15.7. The van der Waals surface area contributed by atoms with Crippen LogP contribution in [0.4, 0.5) is 0 Å². The van der Waals surface area contributed by atoms with Crippen molar-refractivity contribution in [1.82, 2.24) is 5.32 Å². The predicted octanol–water partition coefficient (Wildman–Crippen LogP) is 1.99. The number of rotatable bonds is 6. The molecule has 0 amide bonds. The Morgan fingerprint density at radius 1 is 1.33 bits per heavy atom. The van der Waals surface area contributed by atoms with Crippen molar-refractivity contribution in [2.45, 2.75) is 46.6 Å². The second-order valence-electron chi connectivity index (χ2n) is 3.39. The van der Waals surface area contributed by atoms with Crippen LogP contribution < -0.4 is 5.32 Å². The molecule has 0 bridgehead atoms. The molecular weight excluding hydrogens is 150 g/mol. The molecule has 0 radical (unpaired) electrons. The molecular formula is C10H21NO. The van der Waals surface area contributed by atoms with Gasteiger partial charge in [-0.05, 0) is 26.3 Å². The van der Waals surface area contributed by atoms with Crippen molar-refractivity contribution < 1.29 is 4.79 Å². The first kappa shape index (κ1) is 11.6. The zero-order chi connectivity index (χ0) is 9.56. The van der Waals surface area contributed by atoms with Gasteiger partial charge in [0, 0.05) is 5.92 Å². The molecule has 1 N–H and O–H groups in total. The number of carbonyl (C=O) groups is 1. The fourth-order valence-electron chi connectivity index (χ4n) is 1.09. The summed E-state index contributed by atoms with van der Waals surface area (Å²) >= 11 is 0. The first-order chi connectivity index (χ1) is 5.63. The molecule has 0 aromatic rings. The highest BCUT2D eigenvalue weighted by molar-refractivity contribution is 5.85. The standard InChI is InChI=1S/C10H21NO/c1-5-7-11-9(4)10(12)8(3)6-2/h8-9,11H,5-7H2,1-4H3/t8?,9-/m1/s1. The minimum Gasteiger partial charge on any atom is -0.308 e. The van der Waals surface area contributed by atoms with E-state index in [1.807, 2.05) is 13.8 Å². The minimum absolute atomic E-state index is 0.0277. The molecule has 1 unspecified atom stereocenters. The Kier molecular flexibility index (Phi) is 5.99. The number of Topliss-reactive ketones (excluding diaryl/α,β-unsaturated/α-hetero) is 1. The number of ketones is 1. The van der Waals surface area contributed by atoms with Crippen molar-refractivity contribution >= 4 is 5.78 Å². The van der Waals surface area contributed by atoms with Gasteiger partial charge >= 0.3 is 0 Å². The van der Waals surface area contributed by atoms with E-state index in [1.165, 1.54) is 0 Å². The molecule has 0 aliphatic carbocycles. The van der Waals surface area contributed by atoms with Gasteiger partial charge < -0.3 is 5.32 Å². The van der Waals surface area contributed by atoms with Crippen LogP contribution in [0, 0.1) is 5.92 Å². The summed E-state index contributed by atoms with van der Waals surface area (Å²) in [5.74, 6) is 0.537. The van der Waals surface area contributed by atoms with Crippen molar-refractivity contribution in [2.75, 3.05) is 6.54 Å². The molecule has 2 atom stereocenters. The fourth-order valence-corrected chi connectivity index (χ4v) is 1.09. The number of carbonyl (C=O) groups excluding carboxylic acids is 1. The number of nitrogens with one attached hydrogen (secondary N) is 1. The van der Waals surface area contributed by atoms with Gasteiger partial charge in [-0.2, -0.15) is 0 Å². The summed E-state index contributed by atoms with van der Waals surface area (Å²) in [7, 11) is 0. The first-order valence-electron chi connectivity index (χ1n) is 4.90. The Hall–Kier alpha value is -0.370. The van der Waals surface area contributed by atoms with Gasteiger partial charge in [0.15, 0.2) is 5.78 Å². The van der Waals surface area contributed by atoms with Crippen LogP contribution >= 0.6 is 0 Å². The fraction of sp³-hybridized carbons (Fsp3) is 0.900. The SMILES string of the molecule is CCCN[C@H](C)C(=O)C(C)CC. The van der Waals surface area contributed by atoms with E-state index in [2.05, 4.69) is 19.2 Å². The van der Waals surface area contributed by atoms with Crippen LogP contribution in [0.1, 0.15) is 40.5 Å². The molecule has 0 saturated heterocycles. The van der Waals surface area contributed by atoms with E-state index in [0.717, 1.165) is 19.4 Å². The molecule has 0 spiro atoms. The van der Waals surface area contributed by atoms with Gasteiger partial charge in [-0.1, -0.05) is 20.8 Å². The third kappa shape index (κ3) is 3.86. The third-order valence-electron chi connectivity index (χ3n) is 2.23. The van der Waals surface area contributed by atoms with Gasteiger partial charge in [0.05, 0.1) is 6.04 Å². The molecule has 0 aliphatic heterocycles. The van der Waals surface area contributed by atoms with Gasteiger partial charge in [-0.25, -0.2) is 0 Å². The van der Waals surface area contributed by atoms with Crippen molar-refractivity contribution in [1.29, 1.82) is 0 Å². The lowest BCUT2D eigenvalue weighted by Crippen LogP contribution is -2.37. The maximum Gasteiger partial charge on any atom is 0.152 e. The largest absolute Gasteiger partial charge is 0.308 e. The average molecular weight is 171 g/mol. The second kappa shape index (κ2) is 6.18. The summed E-state index contributed by atoms with van der Waals surface area (Å²) in [6.45, 7) is 9.03. The van der Waals surface area contributed by atoms with Crippen LogP contribution in [0.25, 0.3) is 0 Å². The van der Waals surface area contributed by atoms with E-state index in [9.17, 15) is 4.79 Å². The summed E-state index contributed by atoms with van der Waals surface area (Å²) in [6, 6.07) is 0.0277. The summed E-state index contributed by atoms with van der Waals surface area (Å²) in [5, 5.41) is 3.20. The molecule has 0 aromatic carbocycles. The maximum absolute atomic E-state index is 11.5. The Bertz CT molecular complexity index is 134. The Labute approximate surface area is 75.7 Å². The molecule has 12 heavy (non-hydrogen) atoms. The molecule has 2 heteroatoms. The zero-order valence-corrected chi connectivity index (χ0v) is 8.68. The lowest BCUT2D eigenvalue weighted by atomic mass is 9.98. The molecule has 0 aromatic heterocycles. The quantitative estimate of drug-likeness (QED) is 0.662. The van der Waals surface area contributed by atoms with Crippen LogP contribution in [0.2, 0.25) is 0 Å². The van der Waals surface area contributed by atoms with E-state index in [4.69, 9.17) is 0 Å². The highest BCUT2D eigenvalue weighted by Gasteiger charge is 2.16. The van der Waals surface area contributed by atoms with Crippen LogP contribution in [0.3, 0.4) is 0 Å². The summed E-state index contributed by atoms with van der Waals surface area (Å²) in [6.07, 6.45) is 2.02. The van der Waals surface area contributed by atoms with Gasteiger partial charge in [0.2, 0.25) is 0 Å². The lowest BCUT2D eigenvalue weighted by Gasteiger charge is -2.15. The molecule has 72 valence electrons. The highest BCUT2D eigenvalue weighted by atomic mass is 16.1. The van der Waals surface area contributed by atoms with E-state index in [0.29, 0.717) is 5.78 Å². The minimum atomic E-state index is 0.0277. The van der Waals surface area contributed by atoms with Gasteiger partial charge in [0.1, 0.15) is 0 Å². The van der Waals surface area contributed by atoms with E-state index < -0.39 is 0 Å². The Balaban J connectivity index is 3.75. The smallest absolute Gasteiger partial charge is 0.152 e. The van der Waals surface area contributed by atoms with E-state index in [1.54, 1.807) is 0 Å². The van der Waals surface area contributed by atoms with Crippen LogP contribution in [0.5, 0.6) is 0 Å². The summed E-state index contributed by atoms with van der Waals surface area (Å²) in [4.78, 5) is 11.5. The third-order valence-corrected chi connectivity index (χ3v) is 2.23. The topological polar surface area (TPSA) is 29.1 Å². The zero-order valence-electron chi connectivity index (χ0n) is 8.68. The second-order valence-corrected chi connectivity index (χ2v) is 3.39. The van der Waals surface area contributed by atoms with Crippen molar-refractivity contribution in [3.8, 4) is 0 Å². The summed E-state index contributed by atoms with van der Waals surface area (Å²) in [5.41, 5.74) is 0. The summed E-state index contributed by atoms with van der Waals surface area (Å²) < 4.78 is 0. The Morgan fingerprint density at radius 2 is 1.92 bits per heavy atom. The van der Waals surface area contributed by atoms with Crippen LogP contribution in [-0.2, 0) is 4.79 Å². The van der Waals surface area contributed by atoms with Gasteiger partial charge in [0.25, 0.3) is 0 Å². The Morgan fingerprint density at radius 3 is 2.33 bits per heavy atom. The molecule has 2 nitrogen and oxygen atoms in total. The van der Waals surface area contributed by atoms with E-state index >= 15 is 0 Å². The predicted molar refractivity (Wildman–Crippen MR) is 52.2 cm³/mol. The average Bonchev–Trinajstić information content (AvgIpc) is 2.11. The lowest BCUT2D eigenvalue weighted by molar-refractivity contribution is -0.124. The molecule has 0 fully saturated rings. The first-order valence-corrected chi connectivity index (χ1v) is 4.90. The van der Waals surface area contributed by atoms with E-state index in [-0.39, 0.29) is 12.0 Å². The van der Waals surface area contributed by atoms with Crippen molar-refractivity contribution in [3.63, 3.8) is 0 Å². The van der Waals surface area contributed by atoms with Gasteiger partial charge in [-0.3, -0.25) is 4.79 Å². The molecule has 0 aliphatic rings. The molecule has 0 heterocycles. The van der Waals surface area contributed by atoms with Crippen LogP contribution in [0.15, 0.2) is 0 Å². The van der Waals surface area contributed by atoms with Crippen LogP contribution in [-0.4, -0.2) is 18.4 Å². The monoisotopic (exact) mass is 171 g/mol. The van der Waals surface area contributed by atoms with Gasteiger partial charge in [-0.15, -0.1) is 0 Å². The number of hydrogen-bond donors (Lipinski definition) is 1. The maximum atomic E-state index is 11.5. The highest BCUT2D eigenvalue weighted by Crippen LogP contribution is 2.04. The molecule has 0 saturated carbocycles. The van der Waals surface area contributed by atoms with Crippen molar-refractivity contribution in [3.05, 3.63) is 0 Å².